The molecule has 152 valence electrons. The van der Waals surface area contributed by atoms with Gasteiger partial charge in [-0.25, -0.2) is 4.98 Å². The second-order valence-corrected chi connectivity index (χ2v) is 7.25. The van der Waals surface area contributed by atoms with Gasteiger partial charge in [-0.3, -0.25) is 9.59 Å². The molecule has 1 saturated heterocycles. The van der Waals surface area contributed by atoms with Crippen molar-refractivity contribution in [2.24, 2.45) is 0 Å². The van der Waals surface area contributed by atoms with Crippen LogP contribution in [-0.2, 0) is 0 Å². The van der Waals surface area contributed by atoms with Crippen molar-refractivity contribution in [3.05, 3.63) is 47.7 Å². The van der Waals surface area contributed by atoms with Crippen LogP contribution in [0.2, 0.25) is 0 Å². The van der Waals surface area contributed by atoms with E-state index in [4.69, 9.17) is 14.2 Å². The molecular weight excluding hydrogens is 374 g/mol. The Hall–Kier alpha value is -3.29. The summed E-state index contributed by atoms with van der Waals surface area (Å²) >= 11 is 0. The van der Waals surface area contributed by atoms with Crippen LogP contribution in [0.15, 0.2) is 36.5 Å². The van der Waals surface area contributed by atoms with Crippen molar-refractivity contribution in [2.75, 3.05) is 33.9 Å². The molecule has 2 aromatic rings. The molecule has 4 rings (SSSR count). The van der Waals surface area contributed by atoms with Gasteiger partial charge in [-0.1, -0.05) is 0 Å². The van der Waals surface area contributed by atoms with E-state index in [9.17, 15) is 9.59 Å². The number of fused-ring (bicyclic) bond motifs is 1. The van der Waals surface area contributed by atoms with E-state index >= 15 is 0 Å². The summed E-state index contributed by atoms with van der Waals surface area (Å²) in [4.78, 5) is 31.4. The molecule has 1 unspecified atom stereocenters. The van der Waals surface area contributed by atoms with Crippen LogP contribution < -0.4 is 19.5 Å². The number of pyridine rings is 1. The summed E-state index contributed by atoms with van der Waals surface area (Å²) in [6.07, 6.45) is 3.05. The van der Waals surface area contributed by atoms with Crippen LogP contribution in [0.5, 0.6) is 17.4 Å². The fourth-order valence-corrected chi connectivity index (χ4v) is 3.84. The van der Waals surface area contributed by atoms with Crippen LogP contribution in [0.1, 0.15) is 33.6 Å². The minimum absolute atomic E-state index is 0.116. The highest BCUT2D eigenvalue weighted by Gasteiger charge is 2.42. The van der Waals surface area contributed by atoms with Crippen LogP contribution in [-0.4, -0.2) is 61.2 Å². The maximum absolute atomic E-state index is 13.1. The molecule has 1 aromatic heterocycles. The molecule has 0 bridgehead atoms. The van der Waals surface area contributed by atoms with Gasteiger partial charge in [0.25, 0.3) is 11.8 Å². The van der Waals surface area contributed by atoms with Gasteiger partial charge in [0.15, 0.2) is 0 Å². The molecule has 2 aliphatic rings. The maximum atomic E-state index is 13.1. The van der Waals surface area contributed by atoms with Crippen LogP contribution in [0.3, 0.4) is 0 Å². The Morgan fingerprint density at radius 3 is 2.90 bits per heavy atom. The maximum Gasteiger partial charge on any atom is 0.255 e. The van der Waals surface area contributed by atoms with Crippen molar-refractivity contribution in [1.29, 1.82) is 0 Å². The second kappa shape index (κ2) is 7.62. The van der Waals surface area contributed by atoms with Gasteiger partial charge in [-0.2, -0.15) is 0 Å². The molecule has 1 fully saturated rings. The normalized spacial score (nSPS) is 20.9. The van der Waals surface area contributed by atoms with Gasteiger partial charge < -0.3 is 24.4 Å². The van der Waals surface area contributed by atoms with Crippen molar-refractivity contribution in [2.45, 2.75) is 18.4 Å². The number of likely N-dealkylation sites (tertiary alicyclic amines) is 1. The number of hydrogen-bond acceptors (Lipinski definition) is 6. The van der Waals surface area contributed by atoms with Gasteiger partial charge in [0.2, 0.25) is 5.88 Å². The van der Waals surface area contributed by atoms with Crippen molar-refractivity contribution in [3.63, 3.8) is 0 Å². The molecule has 8 heteroatoms. The van der Waals surface area contributed by atoms with Crippen LogP contribution in [0, 0.1) is 0 Å². The van der Waals surface area contributed by atoms with Gasteiger partial charge in [0, 0.05) is 30.4 Å². The topological polar surface area (TPSA) is 90.0 Å². The molecule has 1 N–H and O–H groups in total. The average molecular weight is 397 g/mol. The third-order valence-corrected chi connectivity index (χ3v) is 5.35. The summed E-state index contributed by atoms with van der Waals surface area (Å²) in [5, 5.41) is 2.94. The van der Waals surface area contributed by atoms with Crippen LogP contribution in [0.4, 0.5) is 0 Å². The Morgan fingerprint density at radius 2 is 2.10 bits per heavy atom. The van der Waals surface area contributed by atoms with E-state index in [0.717, 1.165) is 12.8 Å². The van der Waals surface area contributed by atoms with Gasteiger partial charge >= 0.3 is 0 Å². The lowest BCUT2D eigenvalue weighted by molar-refractivity contribution is -0.000971. The minimum atomic E-state index is -0.696. The van der Waals surface area contributed by atoms with Crippen LogP contribution in [0.25, 0.3) is 0 Å². The first kappa shape index (κ1) is 19.0. The predicted octanol–water partition coefficient (Wildman–Crippen LogP) is 1.90. The smallest absolute Gasteiger partial charge is 0.255 e. The number of hydrogen-bond donors (Lipinski definition) is 1. The van der Waals surface area contributed by atoms with Crippen molar-refractivity contribution < 1.29 is 23.8 Å². The number of amides is 2. The fourth-order valence-electron chi connectivity index (χ4n) is 3.84. The first-order chi connectivity index (χ1) is 14.0. The standard InChI is InChI=1S/C21H23N3O5/c1-27-15-4-5-16-17(11-15)29-21(12-23-19(16)25)7-3-9-24(13-21)20(26)14-6-8-22-18(10-14)28-2/h4-6,8,10-11H,3,7,9,12-13H2,1-2H3,(H,23,25). The Kier molecular flexibility index (Phi) is 5.00. The lowest BCUT2D eigenvalue weighted by Crippen LogP contribution is -2.57. The number of nitrogens with zero attached hydrogens (tertiary/aromatic N) is 2. The molecule has 1 aromatic carbocycles. The third kappa shape index (κ3) is 3.70. The highest BCUT2D eigenvalue weighted by molar-refractivity contribution is 5.97. The molecule has 2 amide bonds. The highest BCUT2D eigenvalue weighted by Crippen LogP contribution is 2.34. The zero-order valence-corrected chi connectivity index (χ0v) is 16.4. The minimum Gasteiger partial charge on any atom is -0.497 e. The monoisotopic (exact) mass is 397 g/mol. The van der Waals surface area contributed by atoms with Gasteiger partial charge in [-0.15, -0.1) is 0 Å². The second-order valence-electron chi connectivity index (χ2n) is 7.25. The van der Waals surface area contributed by atoms with E-state index in [1.54, 1.807) is 48.5 Å². The molecule has 1 spiro atoms. The van der Waals surface area contributed by atoms with Gasteiger partial charge in [0.1, 0.15) is 17.1 Å². The molecule has 0 radical (unpaired) electrons. The number of piperidine rings is 1. The van der Waals surface area contributed by atoms with Crippen LogP contribution >= 0.6 is 0 Å². The first-order valence-electron chi connectivity index (χ1n) is 9.48. The number of carbonyl (C=O) groups excluding carboxylic acids is 2. The molecule has 0 aliphatic carbocycles. The molecule has 1 atom stereocenters. The number of carbonyl (C=O) groups is 2. The Morgan fingerprint density at radius 1 is 1.24 bits per heavy atom. The summed E-state index contributed by atoms with van der Waals surface area (Å²) in [5.74, 6) is 1.17. The number of benzene rings is 1. The largest absolute Gasteiger partial charge is 0.497 e. The van der Waals surface area contributed by atoms with Crippen molar-refractivity contribution >= 4 is 11.8 Å². The Bertz CT molecular complexity index is 948. The van der Waals surface area contributed by atoms with Crippen molar-refractivity contribution in [3.8, 4) is 17.4 Å². The van der Waals surface area contributed by atoms with E-state index in [-0.39, 0.29) is 11.8 Å². The molecular formula is C21H23N3O5. The molecule has 0 saturated carbocycles. The average Bonchev–Trinajstić information content (AvgIpc) is 2.89. The van der Waals surface area contributed by atoms with Crippen molar-refractivity contribution in [1.82, 2.24) is 15.2 Å². The number of aromatic nitrogens is 1. The third-order valence-electron chi connectivity index (χ3n) is 5.35. The predicted molar refractivity (Wildman–Crippen MR) is 105 cm³/mol. The van der Waals surface area contributed by atoms with E-state index in [0.29, 0.717) is 48.1 Å². The quantitative estimate of drug-likeness (QED) is 0.851. The highest BCUT2D eigenvalue weighted by atomic mass is 16.5. The number of methoxy groups -OCH3 is 2. The fraction of sp³-hybridized carbons (Fsp3) is 0.381. The number of ether oxygens (including phenoxy) is 3. The summed E-state index contributed by atoms with van der Waals surface area (Å²) in [7, 11) is 3.08. The van der Waals surface area contributed by atoms with Gasteiger partial charge in [0.05, 0.1) is 32.9 Å². The summed E-state index contributed by atoms with van der Waals surface area (Å²) < 4.78 is 16.8. The van der Waals surface area contributed by atoms with E-state index < -0.39 is 5.60 Å². The summed E-state index contributed by atoms with van der Waals surface area (Å²) in [5.41, 5.74) is 0.275. The number of nitrogens with one attached hydrogen (secondary N) is 1. The van der Waals surface area contributed by atoms with Gasteiger partial charge in [-0.05, 0) is 31.0 Å². The SMILES string of the molecule is COc1ccc2c(c1)OC1(CCCN(C(=O)c3ccnc(OC)c3)C1)CNC2=O. The summed E-state index contributed by atoms with van der Waals surface area (Å²) in [6, 6.07) is 8.43. The molecule has 2 aliphatic heterocycles. The number of rotatable bonds is 3. The molecule has 8 nitrogen and oxygen atoms in total. The Balaban J connectivity index is 1.60. The zero-order chi connectivity index (χ0) is 20.4. The van der Waals surface area contributed by atoms with E-state index in [1.807, 2.05) is 0 Å². The van der Waals surface area contributed by atoms with E-state index in [2.05, 4.69) is 10.3 Å². The summed E-state index contributed by atoms with van der Waals surface area (Å²) in [6.45, 7) is 1.31. The Labute approximate surface area is 168 Å². The molecule has 3 heterocycles. The zero-order valence-electron chi connectivity index (χ0n) is 16.4. The lowest BCUT2D eigenvalue weighted by Gasteiger charge is -2.42. The van der Waals surface area contributed by atoms with E-state index in [1.165, 1.54) is 7.11 Å². The lowest BCUT2D eigenvalue weighted by atomic mass is 9.92. The molecule has 29 heavy (non-hydrogen) atoms. The first-order valence-corrected chi connectivity index (χ1v) is 9.48.